The normalized spacial score (nSPS) is 17.1. The molecule has 0 spiro atoms. The van der Waals surface area contributed by atoms with E-state index in [9.17, 15) is 0 Å². The molecule has 0 radical (unpaired) electrons. The van der Waals surface area contributed by atoms with Gasteiger partial charge in [0.2, 0.25) is 5.13 Å². The van der Waals surface area contributed by atoms with Gasteiger partial charge in [0.05, 0.1) is 0 Å². The van der Waals surface area contributed by atoms with Crippen molar-refractivity contribution in [3.63, 3.8) is 0 Å². The molecule has 1 aromatic rings. The maximum atomic E-state index is 5.24. The van der Waals surface area contributed by atoms with E-state index in [1.807, 2.05) is 11.8 Å². The molecule has 1 aromatic heterocycles. The number of aromatic nitrogens is 2. The summed E-state index contributed by atoms with van der Waals surface area (Å²) in [5.74, 6) is 8.42. The van der Waals surface area contributed by atoms with Crippen molar-refractivity contribution >= 4 is 28.2 Å². The number of hydrazine groups is 1. The summed E-state index contributed by atoms with van der Waals surface area (Å²) in [7, 11) is 0. The van der Waals surface area contributed by atoms with Crippen molar-refractivity contribution in [2.45, 2.75) is 31.4 Å². The Morgan fingerprint density at radius 2 is 2.20 bits per heavy atom. The van der Waals surface area contributed by atoms with E-state index in [1.54, 1.807) is 0 Å². The monoisotopic (exact) mass is 244 g/mol. The Bertz CT molecular complexity index is 296. The molecule has 1 heterocycles. The van der Waals surface area contributed by atoms with Crippen molar-refractivity contribution in [2.75, 3.05) is 11.2 Å². The van der Waals surface area contributed by atoms with Crippen LogP contribution in [0.4, 0.5) is 5.13 Å². The van der Waals surface area contributed by atoms with E-state index in [0.29, 0.717) is 5.13 Å². The summed E-state index contributed by atoms with van der Waals surface area (Å²) in [5, 5.41) is 9.72. The largest absolute Gasteiger partial charge is 0.298 e. The van der Waals surface area contributed by atoms with Gasteiger partial charge in [0.1, 0.15) is 5.01 Å². The number of nitrogens with zero attached hydrogens (tertiary/aromatic N) is 2. The predicted octanol–water partition coefficient (Wildman–Crippen LogP) is 2.25. The standard InChI is InChI=1S/C9H16N4S2/c10-11-9-13-12-8(15-9)6-14-5-7-3-1-2-4-7/h7H,1-6,10H2,(H,11,13). The number of hydrogen-bond acceptors (Lipinski definition) is 6. The Morgan fingerprint density at radius 3 is 2.87 bits per heavy atom. The average molecular weight is 244 g/mol. The summed E-state index contributed by atoms with van der Waals surface area (Å²) in [6.45, 7) is 0. The summed E-state index contributed by atoms with van der Waals surface area (Å²) in [6.07, 6.45) is 5.67. The zero-order valence-corrected chi connectivity index (χ0v) is 10.2. The molecule has 2 rings (SSSR count). The summed E-state index contributed by atoms with van der Waals surface area (Å²) >= 11 is 3.50. The van der Waals surface area contributed by atoms with E-state index in [1.165, 1.54) is 42.8 Å². The molecule has 0 aliphatic heterocycles. The number of nitrogen functional groups attached to an aromatic ring is 1. The van der Waals surface area contributed by atoms with Crippen LogP contribution in [0, 0.1) is 5.92 Å². The number of nitrogens with two attached hydrogens (primary N) is 1. The summed E-state index contributed by atoms with van der Waals surface area (Å²) in [6, 6.07) is 0. The first-order chi connectivity index (χ1) is 7.38. The SMILES string of the molecule is NNc1nnc(CSCC2CCCC2)s1. The number of rotatable bonds is 5. The van der Waals surface area contributed by atoms with E-state index in [0.717, 1.165) is 16.7 Å². The van der Waals surface area contributed by atoms with Crippen LogP contribution in [0.2, 0.25) is 0 Å². The van der Waals surface area contributed by atoms with Gasteiger partial charge in [-0.1, -0.05) is 24.2 Å². The second-order valence-corrected chi connectivity index (χ2v) is 5.90. The molecule has 0 atom stereocenters. The minimum absolute atomic E-state index is 0.700. The third-order valence-electron chi connectivity index (χ3n) is 2.64. The fourth-order valence-corrected chi connectivity index (χ4v) is 3.81. The van der Waals surface area contributed by atoms with Crippen LogP contribution in [0.5, 0.6) is 0 Å². The molecule has 4 nitrogen and oxygen atoms in total. The lowest BCUT2D eigenvalue weighted by molar-refractivity contribution is 0.623. The second kappa shape index (κ2) is 5.67. The summed E-state index contributed by atoms with van der Waals surface area (Å²) in [4.78, 5) is 0. The van der Waals surface area contributed by atoms with E-state index >= 15 is 0 Å². The molecule has 3 N–H and O–H groups in total. The van der Waals surface area contributed by atoms with Gasteiger partial charge in [-0.2, -0.15) is 11.8 Å². The van der Waals surface area contributed by atoms with Crippen molar-refractivity contribution in [2.24, 2.45) is 11.8 Å². The molecule has 15 heavy (non-hydrogen) atoms. The van der Waals surface area contributed by atoms with Crippen molar-refractivity contribution in [1.82, 2.24) is 10.2 Å². The lowest BCUT2D eigenvalue weighted by Gasteiger charge is -2.06. The minimum Gasteiger partial charge on any atom is -0.298 e. The number of nitrogens with one attached hydrogen (secondary N) is 1. The first-order valence-corrected chi connectivity index (χ1v) is 7.22. The molecule has 6 heteroatoms. The topological polar surface area (TPSA) is 63.8 Å². The van der Waals surface area contributed by atoms with Crippen LogP contribution in [-0.2, 0) is 5.75 Å². The maximum absolute atomic E-state index is 5.24. The van der Waals surface area contributed by atoms with Gasteiger partial charge in [0.25, 0.3) is 0 Å². The number of anilines is 1. The average Bonchev–Trinajstić information content (AvgIpc) is 2.88. The van der Waals surface area contributed by atoms with Gasteiger partial charge in [0, 0.05) is 5.75 Å². The smallest absolute Gasteiger partial charge is 0.219 e. The highest BCUT2D eigenvalue weighted by Gasteiger charge is 2.14. The van der Waals surface area contributed by atoms with Gasteiger partial charge < -0.3 is 0 Å². The maximum Gasteiger partial charge on any atom is 0.219 e. The third kappa shape index (κ3) is 3.32. The summed E-state index contributed by atoms with van der Waals surface area (Å²) < 4.78 is 0. The van der Waals surface area contributed by atoms with Crippen molar-refractivity contribution in [1.29, 1.82) is 0 Å². The lowest BCUT2D eigenvalue weighted by atomic mass is 10.1. The van der Waals surface area contributed by atoms with Crippen LogP contribution in [0.15, 0.2) is 0 Å². The number of hydrogen-bond donors (Lipinski definition) is 2. The Balaban J connectivity index is 1.68. The lowest BCUT2D eigenvalue weighted by Crippen LogP contribution is -2.05. The predicted molar refractivity (Wildman–Crippen MR) is 65.8 cm³/mol. The molecule has 1 aliphatic carbocycles. The van der Waals surface area contributed by atoms with Crippen LogP contribution in [0.3, 0.4) is 0 Å². The Hall–Kier alpha value is -0.330. The van der Waals surface area contributed by atoms with Crippen LogP contribution >= 0.6 is 23.1 Å². The van der Waals surface area contributed by atoms with Gasteiger partial charge in [-0.15, -0.1) is 10.2 Å². The fraction of sp³-hybridized carbons (Fsp3) is 0.778. The molecule has 0 saturated heterocycles. The van der Waals surface area contributed by atoms with Gasteiger partial charge in [-0.25, -0.2) is 5.84 Å². The number of thioether (sulfide) groups is 1. The second-order valence-electron chi connectivity index (χ2n) is 3.81. The molecule has 84 valence electrons. The highest BCUT2D eigenvalue weighted by atomic mass is 32.2. The van der Waals surface area contributed by atoms with E-state index in [4.69, 9.17) is 5.84 Å². The van der Waals surface area contributed by atoms with Crippen LogP contribution in [-0.4, -0.2) is 16.0 Å². The van der Waals surface area contributed by atoms with Crippen LogP contribution < -0.4 is 11.3 Å². The Morgan fingerprint density at radius 1 is 1.40 bits per heavy atom. The van der Waals surface area contributed by atoms with Crippen molar-refractivity contribution < 1.29 is 0 Å². The van der Waals surface area contributed by atoms with Gasteiger partial charge in [0.15, 0.2) is 0 Å². The first-order valence-electron chi connectivity index (χ1n) is 5.25. The molecule has 0 aromatic carbocycles. The molecule has 1 fully saturated rings. The molecule has 0 unspecified atom stereocenters. The van der Waals surface area contributed by atoms with Crippen LogP contribution in [0.1, 0.15) is 30.7 Å². The highest BCUT2D eigenvalue weighted by molar-refractivity contribution is 7.98. The van der Waals surface area contributed by atoms with Crippen molar-refractivity contribution in [3.8, 4) is 0 Å². The fourth-order valence-electron chi connectivity index (χ4n) is 1.86. The van der Waals surface area contributed by atoms with E-state index < -0.39 is 0 Å². The Labute approximate surface area is 98.0 Å². The van der Waals surface area contributed by atoms with Gasteiger partial charge in [-0.05, 0) is 24.5 Å². The van der Waals surface area contributed by atoms with E-state index in [2.05, 4.69) is 15.6 Å². The zero-order chi connectivity index (χ0) is 10.5. The van der Waals surface area contributed by atoms with Crippen LogP contribution in [0.25, 0.3) is 0 Å². The molecular formula is C9H16N4S2. The van der Waals surface area contributed by atoms with Crippen molar-refractivity contribution in [3.05, 3.63) is 5.01 Å². The Kier molecular flexibility index (Phi) is 4.22. The molecular weight excluding hydrogens is 228 g/mol. The molecule has 0 bridgehead atoms. The summed E-state index contributed by atoms with van der Waals surface area (Å²) in [5.41, 5.74) is 2.51. The van der Waals surface area contributed by atoms with Gasteiger partial charge >= 0.3 is 0 Å². The first kappa shape index (κ1) is 11.2. The quantitative estimate of drug-likeness (QED) is 0.614. The van der Waals surface area contributed by atoms with E-state index in [-0.39, 0.29) is 0 Å². The molecule has 1 aliphatic rings. The highest BCUT2D eigenvalue weighted by Crippen LogP contribution is 2.29. The van der Waals surface area contributed by atoms with Gasteiger partial charge in [-0.3, -0.25) is 5.43 Å². The molecule has 0 amide bonds. The third-order valence-corrected chi connectivity index (χ3v) is 4.87. The molecule has 1 saturated carbocycles. The minimum atomic E-state index is 0.700. The zero-order valence-electron chi connectivity index (χ0n) is 8.61.